The first-order valence-electron chi connectivity index (χ1n) is 11.4. The molecule has 2 aromatic carbocycles. The number of nitrogens with zero attached hydrogens (tertiary/aromatic N) is 4. The van der Waals surface area contributed by atoms with Gasteiger partial charge in [0.2, 0.25) is 5.91 Å². The highest BCUT2D eigenvalue weighted by molar-refractivity contribution is 7.99. The van der Waals surface area contributed by atoms with Crippen LogP contribution in [0, 0.1) is 13.8 Å². The summed E-state index contributed by atoms with van der Waals surface area (Å²) in [5, 5.41) is 7.78. The number of halogens is 4. The lowest BCUT2D eigenvalue weighted by Crippen LogP contribution is -2.16. The van der Waals surface area contributed by atoms with Gasteiger partial charge in [0.05, 0.1) is 42.2 Å². The van der Waals surface area contributed by atoms with Gasteiger partial charge >= 0.3 is 6.18 Å². The van der Waals surface area contributed by atoms with Gasteiger partial charge in [0.15, 0.2) is 5.16 Å². The second-order valence-electron chi connectivity index (χ2n) is 8.31. The molecule has 7 nitrogen and oxygen atoms in total. The summed E-state index contributed by atoms with van der Waals surface area (Å²) in [6.45, 7) is 4.08. The Bertz CT molecular complexity index is 1440. The zero-order chi connectivity index (χ0) is 27.4. The van der Waals surface area contributed by atoms with E-state index in [1.54, 1.807) is 48.0 Å². The molecular formula is C26H23ClF3N5O2S. The molecule has 0 bridgehead atoms. The Morgan fingerprint density at radius 2 is 1.76 bits per heavy atom. The number of benzene rings is 2. The van der Waals surface area contributed by atoms with Gasteiger partial charge in [-0.15, -0.1) is 0 Å². The van der Waals surface area contributed by atoms with Crippen molar-refractivity contribution < 1.29 is 22.7 Å². The van der Waals surface area contributed by atoms with Gasteiger partial charge < -0.3 is 10.1 Å². The fourth-order valence-corrected chi connectivity index (χ4v) is 4.43. The monoisotopic (exact) mass is 561 g/mol. The maximum Gasteiger partial charge on any atom is 0.433 e. The second-order valence-corrected chi connectivity index (χ2v) is 9.69. The molecule has 198 valence electrons. The van der Waals surface area contributed by atoms with Crippen molar-refractivity contribution in [2.75, 3.05) is 18.2 Å². The number of carbonyl (C=O) groups excluding carboxylic acids is 1. The Morgan fingerprint density at radius 1 is 1.08 bits per heavy atom. The van der Waals surface area contributed by atoms with Crippen LogP contribution in [0.5, 0.6) is 5.75 Å². The molecule has 12 heteroatoms. The van der Waals surface area contributed by atoms with Gasteiger partial charge in [-0.25, -0.2) is 9.97 Å². The van der Waals surface area contributed by atoms with Crippen LogP contribution in [0.15, 0.2) is 59.8 Å². The standard InChI is InChI=1S/C26H23ClF3N5O2S/c1-15-24(16(2)35(34-15)13-17-4-8-19(27)9-5-17)33-23(36)14-38-25-31-21(12-22(32-25)26(28,29)30)18-6-10-20(37-3)11-7-18/h4-12H,13-14H2,1-3H3,(H,33,36). The molecule has 0 radical (unpaired) electrons. The number of carbonyl (C=O) groups is 1. The summed E-state index contributed by atoms with van der Waals surface area (Å²) in [4.78, 5) is 20.6. The van der Waals surface area contributed by atoms with Crippen molar-refractivity contribution in [2.24, 2.45) is 0 Å². The highest BCUT2D eigenvalue weighted by Crippen LogP contribution is 2.32. The number of methoxy groups -OCH3 is 1. The van der Waals surface area contributed by atoms with Gasteiger partial charge in [0.25, 0.3) is 0 Å². The minimum Gasteiger partial charge on any atom is -0.497 e. The fourth-order valence-electron chi connectivity index (χ4n) is 3.64. The Morgan fingerprint density at radius 3 is 2.39 bits per heavy atom. The Kier molecular flexibility index (Phi) is 8.27. The number of nitrogens with one attached hydrogen (secondary N) is 1. The normalized spacial score (nSPS) is 11.4. The lowest BCUT2D eigenvalue weighted by Gasteiger charge is -2.11. The third-order valence-electron chi connectivity index (χ3n) is 5.61. The lowest BCUT2D eigenvalue weighted by atomic mass is 10.1. The predicted octanol–water partition coefficient (Wildman–Crippen LogP) is 6.42. The molecule has 0 saturated heterocycles. The first kappa shape index (κ1) is 27.5. The Hall–Kier alpha value is -3.57. The second kappa shape index (κ2) is 11.4. The van der Waals surface area contributed by atoms with Crippen LogP contribution < -0.4 is 10.1 Å². The third-order valence-corrected chi connectivity index (χ3v) is 6.70. The Labute approximate surface area is 226 Å². The van der Waals surface area contributed by atoms with E-state index in [1.165, 1.54) is 7.11 Å². The molecule has 4 aromatic rings. The van der Waals surface area contributed by atoms with Crippen molar-refractivity contribution in [1.82, 2.24) is 19.7 Å². The highest BCUT2D eigenvalue weighted by Gasteiger charge is 2.34. The van der Waals surface area contributed by atoms with E-state index < -0.39 is 17.8 Å². The molecule has 0 atom stereocenters. The van der Waals surface area contributed by atoms with E-state index in [9.17, 15) is 18.0 Å². The van der Waals surface area contributed by atoms with Crippen molar-refractivity contribution in [3.05, 3.63) is 82.3 Å². The van der Waals surface area contributed by atoms with Crippen molar-refractivity contribution in [3.8, 4) is 17.0 Å². The topological polar surface area (TPSA) is 81.9 Å². The third kappa shape index (κ3) is 6.65. The number of anilines is 1. The molecule has 0 aliphatic carbocycles. The van der Waals surface area contributed by atoms with Gasteiger partial charge in [-0.1, -0.05) is 35.5 Å². The van der Waals surface area contributed by atoms with Gasteiger partial charge in [0, 0.05) is 10.6 Å². The number of hydrogen-bond donors (Lipinski definition) is 1. The molecule has 1 N–H and O–H groups in total. The fraction of sp³-hybridized carbons (Fsp3) is 0.231. The number of ether oxygens (including phenoxy) is 1. The summed E-state index contributed by atoms with van der Waals surface area (Å²) in [6, 6.07) is 14.7. The van der Waals surface area contributed by atoms with Crippen LogP contribution in [0.4, 0.5) is 18.9 Å². The number of thioether (sulfide) groups is 1. The number of hydrogen-bond acceptors (Lipinski definition) is 6. The number of aryl methyl sites for hydroxylation is 1. The van der Waals surface area contributed by atoms with E-state index in [0.717, 1.165) is 29.1 Å². The molecule has 0 unspecified atom stereocenters. The number of aromatic nitrogens is 4. The van der Waals surface area contributed by atoms with Gasteiger partial charge in [-0.05, 0) is 61.9 Å². The van der Waals surface area contributed by atoms with Gasteiger partial charge in [-0.3, -0.25) is 9.48 Å². The zero-order valence-corrected chi connectivity index (χ0v) is 22.2. The summed E-state index contributed by atoms with van der Waals surface area (Å²) >= 11 is 6.77. The summed E-state index contributed by atoms with van der Waals surface area (Å²) in [7, 11) is 1.49. The van der Waals surface area contributed by atoms with E-state index in [0.29, 0.717) is 34.3 Å². The van der Waals surface area contributed by atoms with E-state index >= 15 is 0 Å². The molecule has 2 heterocycles. The van der Waals surface area contributed by atoms with Gasteiger partial charge in [0.1, 0.15) is 11.4 Å². The Balaban J connectivity index is 1.48. The molecule has 4 rings (SSSR count). The van der Waals surface area contributed by atoms with E-state index in [4.69, 9.17) is 16.3 Å². The van der Waals surface area contributed by atoms with Crippen LogP contribution in [0.2, 0.25) is 5.02 Å². The van der Waals surface area contributed by atoms with Crippen LogP contribution in [0.25, 0.3) is 11.3 Å². The van der Waals surface area contributed by atoms with Crippen molar-refractivity contribution >= 4 is 35.0 Å². The SMILES string of the molecule is COc1ccc(-c2cc(C(F)(F)F)nc(SCC(=O)Nc3c(C)nn(Cc4ccc(Cl)cc4)c3C)n2)cc1. The molecule has 2 aromatic heterocycles. The van der Waals surface area contributed by atoms with Crippen molar-refractivity contribution in [3.63, 3.8) is 0 Å². The molecule has 0 aliphatic rings. The average molecular weight is 562 g/mol. The summed E-state index contributed by atoms with van der Waals surface area (Å²) in [6.07, 6.45) is -4.67. The first-order valence-corrected chi connectivity index (χ1v) is 12.7. The quantitative estimate of drug-likeness (QED) is 0.197. The van der Waals surface area contributed by atoms with E-state index in [1.807, 2.05) is 19.1 Å². The minimum absolute atomic E-state index is 0.0908. The maximum absolute atomic E-state index is 13.5. The summed E-state index contributed by atoms with van der Waals surface area (Å²) < 4.78 is 47.4. The lowest BCUT2D eigenvalue weighted by molar-refractivity contribution is -0.141. The molecule has 0 saturated carbocycles. The van der Waals surface area contributed by atoms with E-state index in [-0.39, 0.29) is 16.6 Å². The predicted molar refractivity (Wildman–Crippen MR) is 141 cm³/mol. The molecule has 1 amide bonds. The van der Waals surface area contributed by atoms with Crippen LogP contribution in [-0.2, 0) is 17.5 Å². The molecule has 0 spiro atoms. The largest absolute Gasteiger partial charge is 0.497 e. The molecular weight excluding hydrogens is 539 g/mol. The zero-order valence-electron chi connectivity index (χ0n) is 20.6. The van der Waals surface area contributed by atoms with Crippen molar-refractivity contribution in [1.29, 1.82) is 0 Å². The number of rotatable bonds is 8. The molecule has 0 aliphatic heterocycles. The highest BCUT2D eigenvalue weighted by atomic mass is 35.5. The first-order chi connectivity index (χ1) is 18.0. The molecule has 38 heavy (non-hydrogen) atoms. The van der Waals surface area contributed by atoms with Crippen LogP contribution >= 0.6 is 23.4 Å². The molecule has 0 fully saturated rings. The number of amides is 1. The summed E-state index contributed by atoms with van der Waals surface area (Å²) in [5.74, 6) is -0.0450. The smallest absolute Gasteiger partial charge is 0.433 e. The summed E-state index contributed by atoms with van der Waals surface area (Å²) in [5.41, 5.74) is 2.37. The minimum atomic E-state index is -4.67. The van der Waals surface area contributed by atoms with Crippen molar-refractivity contribution in [2.45, 2.75) is 31.7 Å². The average Bonchev–Trinajstić information content (AvgIpc) is 3.15. The van der Waals surface area contributed by atoms with Gasteiger partial charge in [-0.2, -0.15) is 18.3 Å². The van der Waals surface area contributed by atoms with E-state index in [2.05, 4.69) is 20.4 Å². The number of alkyl halides is 3. The maximum atomic E-state index is 13.5. The van der Waals surface area contributed by atoms with Crippen LogP contribution in [0.1, 0.15) is 22.6 Å². The van der Waals surface area contributed by atoms with Crippen LogP contribution in [-0.4, -0.2) is 38.5 Å². The van der Waals surface area contributed by atoms with Crippen LogP contribution in [0.3, 0.4) is 0 Å².